The fourth-order valence-corrected chi connectivity index (χ4v) is 4.26. The van der Waals surface area contributed by atoms with Crippen LogP contribution < -0.4 is 0 Å². The molecule has 1 aliphatic heterocycles. The molecule has 6 heteroatoms. The van der Waals surface area contributed by atoms with Gasteiger partial charge in [-0.05, 0) is 31.6 Å². The molecule has 1 saturated heterocycles. The van der Waals surface area contributed by atoms with Gasteiger partial charge in [-0.1, -0.05) is 41.6 Å². The number of carbonyl (C=O) groups excluding carboxylic acids is 1. The van der Waals surface area contributed by atoms with E-state index in [1.54, 1.807) is 6.20 Å². The highest BCUT2D eigenvalue weighted by Crippen LogP contribution is 2.33. The average molecular weight is 374 g/mol. The summed E-state index contributed by atoms with van der Waals surface area (Å²) in [4.78, 5) is 15.2. The summed E-state index contributed by atoms with van der Waals surface area (Å²) >= 11 is 0. The Morgan fingerprint density at radius 2 is 2.00 bits per heavy atom. The van der Waals surface area contributed by atoms with Crippen molar-refractivity contribution in [3.05, 3.63) is 60.1 Å². The molecule has 1 amide bonds. The first kappa shape index (κ1) is 17.0. The van der Waals surface area contributed by atoms with E-state index in [1.807, 2.05) is 40.9 Å². The van der Waals surface area contributed by atoms with Crippen molar-refractivity contribution >= 4 is 27.6 Å². The molecule has 1 atom stereocenters. The number of aryl methyl sites for hydroxylation is 1. The third kappa shape index (κ3) is 2.76. The Morgan fingerprint density at radius 3 is 2.86 bits per heavy atom. The highest BCUT2D eigenvalue weighted by atomic mass is 16.3. The lowest BCUT2D eigenvalue weighted by Gasteiger charge is -2.19. The molecule has 1 aliphatic rings. The Hall–Kier alpha value is -3.15. The van der Waals surface area contributed by atoms with E-state index in [1.165, 1.54) is 0 Å². The van der Waals surface area contributed by atoms with Crippen LogP contribution in [0.25, 0.3) is 21.7 Å². The summed E-state index contributed by atoms with van der Waals surface area (Å²) in [7, 11) is 0. The second kappa shape index (κ2) is 6.78. The van der Waals surface area contributed by atoms with Crippen LogP contribution in [0.15, 0.2) is 53.2 Å². The third-order valence-corrected chi connectivity index (χ3v) is 5.82. The van der Waals surface area contributed by atoms with Gasteiger partial charge >= 0.3 is 0 Å². The van der Waals surface area contributed by atoms with Crippen LogP contribution in [0.4, 0.5) is 0 Å². The first-order valence-corrected chi connectivity index (χ1v) is 9.78. The van der Waals surface area contributed by atoms with Gasteiger partial charge in [-0.15, -0.1) is 5.10 Å². The summed E-state index contributed by atoms with van der Waals surface area (Å²) in [6.45, 7) is 3.41. The summed E-state index contributed by atoms with van der Waals surface area (Å²) in [5, 5.41) is 11.2. The largest absolute Gasteiger partial charge is 0.450 e. The average Bonchev–Trinajstić information content (AvgIpc) is 3.30. The Balaban J connectivity index is 1.45. The fourth-order valence-electron chi connectivity index (χ4n) is 4.26. The molecule has 3 heterocycles. The third-order valence-electron chi connectivity index (χ3n) is 5.82. The van der Waals surface area contributed by atoms with Crippen molar-refractivity contribution in [2.75, 3.05) is 13.1 Å². The van der Waals surface area contributed by atoms with E-state index in [9.17, 15) is 4.79 Å². The minimum atomic E-state index is -0.0166. The smallest absolute Gasteiger partial charge is 0.289 e. The van der Waals surface area contributed by atoms with Crippen molar-refractivity contribution in [3.8, 4) is 0 Å². The molecule has 2 aromatic carbocycles. The molecule has 0 bridgehead atoms. The van der Waals surface area contributed by atoms with Crippen molar-refractivity contribution < 1.29 is 9.21 Å². The number of rotatable bonds is 2. The van der Waals surface area contributed by atoms with Crippen molar-refractivity contribution in [1.29, 1.82) is 0 Å². The van der Waals surface area contributed by atoms with Gasteiger partial charge in [0.05, 0.1) is 12.2 Å². The fraction of sp³-hybridized carbons (Fsp3) is 0.318. The molecule has 0 aliphatic carbocycles. The van der Waals surface area contributed by atoms with Crippen LogP contribution in [0.5, 0.6) is 0 Å². The minimum Gasteiger partial charge on any atom is -0.450 e. The summed E-state index contributed by atoms with van der Waals surface area (Å²) in [5.41, 5.74) is 1.72. The maximum absolute atomic E-state index is 13.3. The number of carbonyl (C=O) groups is 1. The molecule has 6 nitrogen and oxygen atoms in total. The zero-order valence-corrected chi connectivity index (χ0v) is 15.8. The van der Waals surface area contributed by atoms with Crippen LogP contribution >= 0.6 is 0 Å². The van der Waals surface area contributed by atoms with Crippen molar-refractivity contribution in [2.45, 2.75) is 32.2 Å². The minimum absolute atomic E-state index is 0.0166. The number of likely N-dealkylation sites (tertiary alicyclic amines) is 1. The van der Waals surface area contributed by atoms with Crippen LogP contribution in [-0.4, -0.2) is 38.9 Å². The summed E-state index contributed by atoms with van der Waals surface area (Å²) in [6.07, 6.45) is 6.42. The lowest BCUT2D eigenvalue weighted by Crippen LogP contribution is -2.32. The van der Waals surface area contributed by atoms with Crippen molar-refractivity contribution in [2.24, 2.45) is 0 Å². The standard InChI is InChI=1S/C22H22N4O2/c1-15-18-9-8-16-5-2-3-7-19(16)21(18)28-20(15)22(27)25-12-4-6-17(10-13-25)26-14-11-23-24-26/h2-3,5,7-9,11,14,17H,4,6,10,12-13H2,1H3. The Labute approximate surface area is 162 Å². The first-order valence-electron chi connectivity index (χ1n) is 9.78. The first-order chi connectivity index (χ1) is 13.7. The van der Waals surface area contributed by atoms with E-state index >= 15 is 0 Å². The second-order valence-corrected chi connectivity index (χ2v) is 7.48. The van der Waals surface area contributed by atoms with Crippen LogP contribution in [0.3, 0.4) is 0 Å². The SMILES string of the molecule is Cc1c(C(=O)N2CCCC(n3ccnn3)CC2)oc2c1ccc1ccccc12. The van der Waals surface area contributed by atoms with Crippen LogP contribution in [0.1, 0.15) is 41.4 Å². The highest BCUT2D eigenvalue weighted by molar-refractivity contribution is 6.08. The number of nitrogens with zero attached hydrogens (tertiary/aromatic N) is 4. The molecule has 0 N–H and O–H groups in total. The van der Waals surface area contributed by atoms with Gasteiger partial charge in [-0.3, -0.25) is 4.79 Å². The lowest BCUT2D eigenvalue weighted by atomic mass is 10.1. The van der Waals surface area contributed by atoms with Gasteiger partial charge in [-0.2, -0.15) is 0 Å². The van der Waals surface area contributed by atoms with E-state index in [-0.39, 0.29) is 5.91 Å². The molecular weight excluding hydrogens is 352 g/mol. The highest BCUT2D eigenvalue weighted by Gasteiger charge is 2.27. The maximum atomic E-state index is 13.3. The predicted octanol–water partition coefficient (Wildman–Crippen LogP) is 4.35. The van der Waals surface area contributed by atoms with Crippen LogP contribution in [0, 0.1) is 6.92 Å². The zero-order chi connectivity index (χ0) is 19.1. The molecule has 2 aromatic heterocycles. The number of furan rings is 1. The van der Waals surface area contributed by atoms with Crippen molar-refractivity contribution in [3.63, 3.8) is 0 Å². The van der Waals surface area contributed by atoms with Crippen LogP contribution in [-0.2, 0) is 0 Å². The molecule has 0 radical (unpaired) electrons. The summed E-state index contributed by atoms with van der Waals surface area (Å²) in [5.74, 6) is 0.447. The molecule has 0 saturated carbocycles. The topological polar surface area (TPSA) is 64.2 Å². The molecule has 5 rings (SSSR count). The van der Waals surface area contributed by atoms with E-state index in [2.05, 4.69) is 28.5 Å². The van der Waals surface area contributed by atoms with Gasteiger partial charge in [0.25, 0.3) is 5.91 Å². The zero-order valence-electron chi connectivity index (χ0n) is 15.8. The molecule has 142 valence electrons. The van der Waals surface area contributed by atoms with Crippen LogP contribution in [0.2, 0.25) is 0 Å². The molecular formula is C22H22N4O2. The van der Waals surface area contributed by atoms with E-state index in [0.29, 0.717) is 18.3 Å². The van der Waals surface area contributed by atoms with Gasteiger partial charge < -0.3 is 9.32 Å². The van der Waals surface area contributed by atoms with E-state index in [4.69, 9.17) is 4.42 Å². The Kier molecular flexibility index (Phi) is 4.11. The number of fused-ring (bicyclic) bond motifs is 3. The van der Waals surface area contributed by atoms with Crippen molar-refractivity contribution in [1.82, 2.24) is 19.9 Å². The van der Waals surface area contributed by atoms with Gasteiger partial charge in [0.1, 0.15) is 5.58 Å². The molecule has 28 heavy (non-hydrogen) atoms. The number of amides is 1. The number of aromatic nitrogens is 3. The molecule has 1 fully saturated rings. The molecule has 1 unspecified atom stereocenters. The van der Waals surface area contributed by atoms with Gasteiger partial charge in [0.15, 0.2) is 5.76 Å². The number of hydrogen-bond acceptors (Lipinski definition) is 4. The Morgan fingerprint density at radius 1 is 1.11 bits per heavy atom. The second-order valence-electron chi connectivity index (χ2n) is 7.48. The normalized spacial score (nSPS) is 17.9. The quantitative estimate of drug-likeness (QED) is 0.523. The maximum Gasteiger partial charge on any atom is 0.289 e. The molecule has 4 aromatic rings. The predicted molar refractivity (Wildman–Crippen MR) is 107 cm³/mol. The number of benzene rings is 2. The molecule has 0 spiro atoms. The van der Waals surface area contributed by atoms with E-state index < -0.39 is 0 Å². The summed E-state index contributed by atoms with van der Waals surface area (Å²) < 4.78 is 8.06. The van der Waals surface area contributed by atoms with Gasteiger partial charge in [0, 0.05) is 35.6 Å². The monoisotopic (exact) mass is 374 g/mol. The van der Waals surface area contributed by atoms with Gasteiger partial charge in [0.2, 0.25) is 0 Å². The van der Waals surface area contributed by atoms with E-state index in [0.717, 1.165) is 53.1 Å². The lowest BCUT2D eigenvalue weighted by molar-refractivity contribution is 0.0729. The number of hydrogen-bond donors (Lipinski definition) is 0. The Bertz CT molecular complexity index is 1150. The van der Waals surface area contributed by atoms with Gasteiger partial charge in [-0.25, -0.2) is 4.68 Å². The summed E-state index contributed by atoms with van der Waals surface area (Å²) in [6, 6.07) is 12.6.